The number of ether oxygens (including phenoxy) is 2. The summed E-state index contributed by atoms with van der Waals surface area (Å²) in [6.45, 7) is 9.79. The summed E-state index contributed by atoms with van der Waals surface area (Å²) in [6, 6.07) is 34.3. The van der Waals surface area contributed by atoms with Crippen molar-refractivity contribution in [2.24, 2.45) is 0 Å². The van der Waals surface area contributed by atoms with Crippen LogP contribution in [0.4, 0.5) is 0 Å². The summed E-state index contributed by atoms with van der Waals surface area (Å²) in [6.07, 6.45) is 0. The van der Waals surface area contributed by atoms with E-state index in [0.717, 1.165) is 23.0 Å². The zero-order chi connectivity index (χ0) is 23.5. The molecule has 0 saturated carbocycles. The van der Waals surface area contributed by atoms with Gasteiger partial charge in [-0.15, -0.1) is 0 Å². The maximum absolute atomic E-state index is 6.36. The maximum Gasteiger partial charge on any atom is 0.204 e. The Kier molecular flexibility index (Phi) is 5.02. The van der Waals surface area contributed by atoms with Crippen LogP contribution < -0.4 is 9.47 Å². The van der Waals surface area contributed by atoms with Crippen molar-refractivity contribution in [1.29, 1.82) is 0 Å². The van der Waals surface area contributed by atoms with Crippen molar-refractivity contribution in [3.63, 3.8) is 0 Å². The molecule has 2 aliphatic rings. The van der Waals surface area contributed by atoms with Crippen molar-refractivity contribution in [2.45, 2.75) is 56.8 Å². The number of benzene rings is 4. The zero-order valence-electron chi connectivity index (χ0n) is 19.9. The Hall–Kier alpha value is -2.82. The van der Waals surface area contributed by atoms with E-state index in [0.29, 0.717) is 0 Å². The van der Waals surface area contributed by atoms with E-state index in [1.54, 1.807) is 0 Å². The summed E-state index contributed by atoms with van der Waals surface area (Å²) in [5.74, 6) is 3.91. The van der Waals surface area contributed by atoms with Crippen molar-refractivity contribution in [2.75, 3.05) is 0 Å². The molecule has 0 bridgehead atoms. The van der Waals surface area contributed by atoms with Gasteiger partial charge in [0.15, 0.2) is 32.5 Å². The lowest BCUT2D eigenvalue weighted by Gasteiger charge is -2.40. The third kappa shape index (κ3) is 3.12. The van der Waals surface area contributed by atoms with Crippen LogP contribution in [0.15, 0.2) is 117 Å². The zero-order valence-corrected chi connectivity index (χ0v) is 21.5. The van der Waals surface area contributed by atoms with E-state index in [-0.39, 0.29) is 31.3 Å². The number of rotatable bonds is 3. The Bertz CT molecular complexity index is 1190. The molecule has 0 unspecified atom stereocenters. The van der Waals surface area contributed by atoms with Gasteiger partial charge in [0.25, 0.3) is 0 Å². The Labute approximate surface area is 207 Å². The predicted octanol–water partition coefficient (Wildman–Crippen LogP) is 8.23. The fourth-order valence-electron chi connectivity index (χ4n) is 4.88. The average molecular weight is 485 g/mol. The number of fused-ring (bicyclic) bond motifs is 4. The molecule has 2 heterocycles. The van der Waals surface area contributed by atoms with Crippen molar-refractivity contribution in [3.05, 3.63) is 97.1 Å². The molecule has 4 heteroatoms. The Morgan fingerprint density at radius 1 is 0.412 bits per heavy atom. The smallest absolute Gasteiger partial charge is 0.204 e. The molecule has 0 fully saturated rings. The molecule has 0 spiro atoms. The van der Waals surface area contributed by atoms with Crippen molar-refractivity contribution >= 4 is 21.8 Å². The topological polar surface area (TPSA) is 18.5 Å². The molecule has 4 aromatic carbocycles. The highest BCUT2D eigenvalue weighted by Crippen LogP contribution is 2.57. The Morgan fingerprint density at radius 3 is 0.912 bits per heavy atom. The summed E-state index contributed by atoms with van der Waals surface area (Å²) in [7, 11) is -0.377. The molecule has 4 aromatic rings. The van der Waals surface area contributed by atoms with E-state index >= 15 is 0 Å². The molecule has 0 amide bonds. The summed E-state index contributed by atoms with van der Waals surface area (Å²) in [5, 5.41) is 0. The molecular weight excluding hydrogens is 456 g/mol. The number of hydrogen-bond donors (Lipinski definition) is 0. The van der Waals surface area contributed by atoms with Gasteiger partial charge in [-0.1, -0.05) is 48.5 Å². The van der Waals surface area contributed by atoms with Gasteiger partial charge in [-0.05, 0) is 76.2 Å². The average Bonchev–Trinajstić information content (AvgIpc) is 2.85. The van der Waals surface area contributed by atoms with Crippen LogP contribution in [0.5, 0.6) is 23.0 Å². The minimum atomic E-state index is -0.188. The highest BCUT2D eigenvalue weighted by molar-refractivity contribution is 8.02. The first-order chi connectivity index (χ1) is 16.4. The monoisotopic (exact) mass is 484 g/mol. The van der Waals surface area contributed by atoms with Crippen molar-refractivity contribution in [1.82, 2.24) is 0 Å². The third-order valence-corrected chi connectivity index (χ3v) is 13.5. The summed E-state index contributed by atoms with van der Waals surface area (Å²) >= 11 is 0. The van der Waals surface area contributed by atoms with Crippen LogP contribution in [0.25, 0.3) is 0 Å². The van der Waals surface area contributed by atoms with Gasteiger partial charge >= 0.3 is 0 Å². The van der Waals surface area contributed by atoms with Gasteiger partial charge in [0.1, 0.15) is 0 Å². The van der Waals surface area contributed by atoms with Crippen LogP contribution >= 0.6 is 0 Å². The van der Waals surface area contributed by atoms with Crippen molar-refractivity contribution < 1.29 is 9.47 Å². The van der Waals surface area contributed by atoms with Crippen LogP contribution in [0.3, 0.4) is 0 Å². The van der Waals surface area contributed by atoms with E-state index in [1.807, 2.05) is 0 Å². The minimum Gasteiger partial charge on any atom is -0.447 e. The standard InChI is InChI=1S/C30H28O2S2/c1-29(2,33-25-17-9-5-13-21(25)31-22-14-6-10-18-26(22)33)30(3,4)34-27-19-11-7-15-23(27)32-24-16-8-12-20-28(24)34/h5-20H,1-4H3/q+2. The number of para-hydroxylation sites is 4. The second kappa shape index (κ2) is 7.86. The Balaban J connectivity index is 1.57. The highest BCUT2D eigenvalue weighted by atomic mass is 32.2. The lowest BCUT2D eigenvalue weighted by Crippen LogP contribution is -2.56. The molecule has 0 N–H and O–H groups in total. The first-order valence-electron chi connectivity index (χ1n) is 11.6. The summed E-state index contributed by atoms with van der Waals surface area (Å²) < 4.78 is 12.5. The summed E-state index contributed by atoms with van der Waals surface area (Å²) in [5.41, 5.74) is 0. The maximum atomic E-state index is 6.36. The molecule has 2 aliphatic heterocycles. The van der Waals surface area contributed by atoms with Gasteiger partial charge in [0.05, 0.1) is 21.8 Å². The predicted molar refractivity (Wildman–Crippen MR) is 142 cm³/mol. The van der Waals surface area contributed by atoms with Crippen LogP contribution in [0.1, 0.15) is 27.7 Å². The van der Waals surface area contributed by atoms with Crippen LogP contribution in [0.2, 0.25) is 0 Å². The molecule has 170 valence electrons. The lowest BCUT2D eigenvalue weighted by molar-refractivity contribution is 0.441. The van der Waals surface area contributed by atoms with Gasteiger partial charge in [0.2, 0.25) is 19.6 Å². The first kappa shape index (κ1) is 21.7. The van der Waals surface area contributed by atoms with E-state index < -0.39 is 0 Å². The van der Waals surface area contributed by atoms with E-state index in [9.17, 15) is 0 Å². The third-order valence-electron chi connectivity index (χ3n) is 7.19. The van der Waals surface area contributed by atoms with E-state index in [2.05, 4.69) is 125 Å². The molecular formula is C30H28O2S2+2. The quantitative estimate of drug-likeness (QED) is 0.273. The molecule has 0 radical (unpaired) electrons. The lowest BCUT2D eigenvalue weighted by atomic mass is 9.98. The SMILES string of the molecule is CC(C)([S+]1c2ccccc2Oc2ccccc21)C(C)(C)[S+]1c2ccccc2Oc2ccccc21. The normalized spacial score (nSPS) is 15.3. The van der Waals surface area contributed by atoms with Gasteiger partial charge in [-0.3, -0.25) is 0 Å². The van der Waals surface area contributed by atoms with Crippen LogP contribution in [-0.4, -0.2) is 9.49 Å². The summed E-state index contributed by atoms with van der Waals surface area (Å²) in [4.78, 5) is 5.16. The fraction of sp³-hybridized carbons (Fsp3) is 0.200. The van der Waals surface area contributed by atoms with Crippen LogP contribution in [0, 0.1) is 0 Å². The number of hydrogen-bond acceptors (Lipinski definition) is 2. The van der Waals surface area contributed by atoms with Gasteiger partial charge in [-0.25, -0.2) is 0 Å². The molecule has 6 rings (SSSR count). The van der Waals surface area contributed by atoms with Crippen LogP contribution in [-0.2, 0) is 21.8 Å². The molecule has 0 aliphatic carbocycles. The second-order valence-electron chi connectivity index (χ2n) is 9.62. The minimum absolute atomic E-state index is 0.0936. The Morgan fingerprint density at radius 2 is 0.647 bits per heavy atom. The largest absolute Gasteiger partial charge is 0.447 e. The fourth-order valence-corrected chi connectivity index (χ4v) is 11.1. The second-order valence-corrected chi connectivity index (χ2v) is 14.6. The molecule has 0 atom stereocenters. The molecule has 0 aromatic heterocycles. The van der Waals surface area contributed by atoms with Gasteiger partial charge < -0.3 is 9.47 Å². The first-order valence-corrected chi connectivity index (χ1v) is 14.1. The van der Waals surface area contributed by atoms with E-state index in [1.165, 1.54) is 19.6 Å². The molecule has 2 nitrogen and oxygen atoms in total. The van der Waals surface area contributed by atoms with Crippen molar-refractivity contribution in [3.8, 4) is 23.0 Å². The molecule has 0 saturated heterocycles. The van der Waals surface area contributed by atoms with E-state index in [4.69, 9.17) is 9.47 Å². The van der Waals surface area contributed by atoms with Gasteiger partial charge in [0, 0.05) is 0 Å². The molecule has 34 heavy (non-hydrogen) atoms. The highest BCUT2D eigenvalue weighted by Gasteiger charge is 2.66. The van der Waals surface area contributed by atoms with Gasteiger partial charge in [-0.2, -0.15) is 0 Å².